The van der Waals surface area contributed by atoms with Crippen molar-refractivity contribution >= 4 is 5.91 Å². The smallest absolute Gasteiger partial charge is 0.351 e. The van der Waals surface area contributed by atoms with Crippen LogP contribution in [0.5, 0.6) is 0 Å². The number of hydrogen-bond acceptors (Lipinski definition) is 2. The predicted molar refractivity (Wildman–Crippen MR) is 73.1 cm³/mol. The summed E-state index contributed by atoms with van der Waals surface area (Å²) in [6, 6.07) is 1.69. The molecule has 0 aromatic carbocycles. The van der Waals surface area contributed by atoms with Crippen LogP contribution in [0, 0.1) is 11.8 Å². The molecule has 3 rings (SSSR count). The van der Waals surface area contributed by atoms with Gasteiger partial charge in [0.2, 0.25) is 5.91 Å². The van der Waals surface area contributed by atoms with Crippen LogP contribution in [0.3, 0.4) is 0 Å². The molecule has 0 spiro atoms. The van der Waals surface area contributed by atoms with Gasteiger partial charge in [-0.3, -0.25) is 9.59 Å². The third-order valence-corrected chi connectivity index (χ3v) is 4.21. The number of halogens is 3. The third-order valence-electron chi connectivity index (χ3n) is 4.21. The van der Waals surface area contributed by atoms with E-state index in [0.717, 1.165) is 42.4 Å². The Morgan fingerprint density at radius 3 is 2.32 bits per heavy atom. The van der Waals surface area contributed by atoms with Crippen molar-refractivity contribution in [2.75, 3.05) is 0 Å². The Morgan fingerprint density at radius 1 is 1.23 bits per heavy atom. The van der Waals surface area contributed by atoms with E-state index in [9.17, 15) is 22.8 Å². The monoisotopic (exact) mass is 314 g/mol. The summed E-state index contributed by atoms with van der Waals surface area (Å²) in [4.78, 5) is 23.7. The second-order valence-electron chi connectivity index (χ2n) is 6.15. The SMILES string of the molecule is O=C(Cn1cc(C(F)(F)F)ccc1=O)NC(C1CC1)C1CC1. The molecule has 22 heavy (non-hydrogen) atoms. The molecule has 0 bridgehead atoms. The normalized spacial score (nSPS) is 18.5. The van der Waals surface area contributed by atoms with Crippen molar-refractivity contribution in [1.82, 2.24) is 9.88 Å². The quantitative estimate of drug-likeness (QED) is 0.905. The number of pyridine rings is 1. The molecule has 1 N–H and O–H groups in total. The molecule has 0 atom stereocenters. The molecule has 0 radical (unpaired) electrons. The van der Waals surface area contributed by atoms with Crippen LogP contribution in [0.15, 0.2) is 23.1 Å². The van der Waals surface area contributed by atoms with Gasteiger partial charge in [0.15, 0.2) is 0 Å². The lowest BCUT2D eigenvalue weighted by Crippen LogP contribution is -2.41. The third kappa shape index (κ3) is 3.51. The zero-order chi connectivity index (χ0) is 15.9. The first-order chi connectivity index (χ1) is 10.3. The molecule has 0 saturated heterocycles. The van der Waals surface area contributed by atoms with E-state index in [1.165, 1.54) is 0 Å². The highest BCUT2D eigenvalue weighted by atomic mass is 19.4. The van der Waals surface area contributed by atoms with Gasteiger partial charge in [-0.25, -0.2) is 0 Å². The van der Waals surface area contributed by atoms with Gasteiger partial charge in [-0.15, -0.1) is 0 Å². The molecule has 120 valence electrons. The number of amides is 1. The summed E-state index contributed by atoms with van der Waals surface area (Å²) >= 11 is 0. The first kappa shape index (κ1) is 15.1. The van der Waals surface area contributed by atoms with Gasteiger partial charge in [-0.05, 0) is 43.6 Å². The van der Waals surface area contributed by atoms with Gasteiger partial charge in [0.1, 0.15) is 6.54 Å². The van der Waals surface area contributed by atoms with Gasteiger partial charge in [0, 0.05) is 18.3 Å². The second kappa shape index (κ2) is 5.44. The summed E-state index contributed by atoms with van der Waals surface area (Å²) in [6.07, 6.45) is 0.521. The average Bonchev–Trinajstić information content (AvgIpc) is 3.30. The summed E-state index contributed by atoms with van der Waals surface area (Å²) in [5.41, 5.74) is -1.54. The van der Waals surface area contributed by atoms with E-state index in [1.807, 2.05) is 0 Å². The fraction of sp³-hybridized carbons (Fsp3) is 0.600. The molecule has 2 saturated carbocycles. The molecule has 2 fully saturated rings. The van der Waals surface area contributed by atoms with Crippen molar-refractivity contribution in [2.24, 2.45) is 11.8 Å². The van der Waals surface area contributed by atoms with Gasteiger partial charge >= 0.3 is 6.18 Å². The molecule has 0 aliphatic heterocycles. The van der Waals surface area contributed by atoms with Crippen molar-refractivity contribution in [3.63, 3.8) is 0 Å². The Kier molecular flexibility index (Phi) is 3.74. The van der Waals surface area contributed by atoms with E-state index in [4.69, 9.17) is 0 Å². The molecule has 0 unspecified atom stereocenters. The van der Waals surface area contributed by atoms with Crippen molar-refractivity contribution in [2.45, 2.75) is 44.4 Å². The predicted octanol–water partition coefficient (Wildman–Crippen LogP) is 2.17. The minimum atomic E-state index is -4.53. The lowest BCUT2D eigenvalue weighted by atomic mass is 10.1. The lowest BCUT2D eigenvalue weighted by Gasteiger charge is -2.18. The first-order valence-electron chi connectivity index (χ1n) is 7.41. The molecule has 1 aromatic rings. The summed E-state index contributed by atoms with van der Waals surface area (Å²) in [5, 5.41) is 2.89. The number of aromatic nitrogens is 1. The Morgan fingerprint density at radius 2 is 1.82 bits per heavy atom. The number of carbonyl (C=O) groups is 1. The molecule has 1 amide bonds. The van der Waals surface area contributed by atoms with E-state index in [2.05, 4.69) is 5.32 Å². The summed E-state index contributed by atoms with van der Waals surface area (Å²) in [7, 11) is 0. The maximum atomic E-state index is 12.7. The molecule has 1 aromatic heterocycles. The number of nitrogens with one attached hydrogen (secondary N) is 1. The van der Waals surface area contributed by atoms with Crippen LogP contribution >= 0.6 is 0 Å². The largest absolute Gasteiger partial charge is 0.417 e. The highest BCUT2D eigenvalue weighted by Crippen LogP contribution is 2.44. The Balaban J connectivity index is 1.69. The van der Waals surface area contributed by atoms with Crippen LogP contribution in [-0.4, -0.2) is 16.5 Å². The highest BCUT2D eigenvalue weighted by molar-refractivity contribution is 5.76. The lowest BCUT2D eigenvalue weighted by molar-refractivity contribution is -0.138. The molecule has 2 aliphatic carbocycles. The van der Waals surface area contributed by atoms with Gasteiger partial charge in [0.05, 0.1) is 5.56 Å². The number of alkyl halides is 3. The van der Waals surface area contributed by atoms with E-state index in [1.54, 1.807) is 0 Å². The van der Waals surface area contributed by atoms with Crippen molar-refractivity contribution in [3.05, 3.63) is 34.2 Å². The zero-order valence-electron chi connectivity index (χ0n) is 11.9. The fourth-order valence-electron chi connectivity index (χ4n) is 2.74. The van der Waals surface area contributed by atoms with E-state index in [-0.39, 0.29) is 12.6 Å². The number of rotatable bonds is 5. The maximum Gasteiger partial charge on any atom is 0.417 e. The summed E-state index contributed by atoms with van der Waals surface area (Å²) in [6.45, 7) is -0.376. The van der Waals surface area contributed by atoms with Gasteiger partial charge < -0.3 is 9.88 Å². The molecular formula is C15H17F3N2O2. The molecule has 2 aliphatic rings. The van der Waals surface area contributed by atoms with Crippen molar-refractivity contribution < 1.29 is 18.0 Å². The molecular weight excluding hydrogens is 297 g/mol. The standard InChI is InChI=1S/C15H17F3N2O2/c16-15(17,18)11-5-6-13(22)20(7-11)8-12(21)19-14(9-1-2-9)10-3-4-10/h5-7,9-10,14H,1-4,8H2,(H,19,21). The first-order valence-corrected chi connectivity index (χ1v) is 7.41. The highest BCUT2D eigenvalue weighted by Gasteiger charge is 2.42. The topological polar surface area (TPSA) is 51.1 Å². The number of hydrogen-bond donors (Lipinski definition) is 1. The van der Waals surface area contributed by atoms with E-state index < -0.39 is 23.2 Å². The molecule has 7 heteroatoms. The van der Waals surface area contributed by atoms with Crippen molar-refractivity contribution in [3.8, 4) is 0 Å². The van der Waals surface area contributed by atoms with Crippen LogP contribution in [0.4, 0.5) is 13.2 Å². The van der Waals surface area contributed by atoms with Crippen molar-refractivity contribution in [1.29, 1.82) is 0 Å². The zero-order valence-corrected chi connectivity index (χ0v) is 11.9. The Labute approximate surface area is 125 Å². The summed E-state index contributed by atoms with van der Waals surface area (Å²) in [5.74, 6) is 0.592. The van der Waals surface area contributed by atoms with E-state index >= 15 is 0 Å². The minimum Gasteiger partial charge on any atom is -0.351 e. The number of nitrogens with zero attached hydrogens (tertiary/aromatic N) is 1. The Hall–Kier alpha value is -1.79. The van der Waals surface area contributed by atoms with Crippen LogP contribution in [0.2, 0.25) is 0 Å². The minimum absolute atomic E-state index is 0.119. The van der Waals surface area contributed by atoms with Gasteiger partial charge in [0.25, 0.3) is 5.56 Å². The summed E-state index contributed by atoms with van der Waals surface area (Å²) < 4.78 is 38.8. The average molecular weight is 314 g/mol. The van der Waals surface area contributed by atoms with Crippen LogP contribution < -0.4 is 10.9 Å². The second-order valence-corrected chi connectivity index (χ2v) is 6.15. The van der Waals surface area contributed by atoms with Crippen LogP contribution in [0.1, 0.15) is 31.2 Å². The van der Waals surface area contributed by atoms with Crippen LogP contribution in [-0.2, 0) is 17.5 Å². The fourth-order valence-corrected chi connectivity index (χ4v) is 2.74. The van der Waals surface area contributed by atoms with Gasteiger partial charge in [-0.2, -0.15) is 13.2 Å². The Bertz CT molecular complexity index is 618. The van der Waals surface area contributed by atoms with Crippen LogP contribution in [0.25, 0.3) is 0 Å². The van der Waals surface area contributed by atoms with E-state index in [0.29, 0.717) is 18.0 Å². The number of carbonyl (C=O) groups excluding carboxylic acids is 1. The maximum absolute atomic E-state index is 12.7. The van der Waals surface area contributed by atoms with Gasteiger partial charge in [-0.1, -0.05) is 0 Å². The molecule has 1 heterocycles. The molecule has 4 nitrogen and oxygen atoms in total.